The zero-order valence-corrected chi connectivity index (χ0v) is 13.2. The molecular weight excluding hydrogens is 264 g/mol. The quantitative estimate of drug-likeness (QED) is 0.799. The molecule has 1 heterocycles. The minimum absolute atomic E-state index is 0.963. The van der Waals surface area contributed by atoms with E-state index < -0.39 is 0 Å². The molecular formula is C17H24N2S. The Bertz CT molecular complexity index is 476. The van der Waals surface area contributed by atoms with Gasteiger partial charge < -0.3 is 10.2 Å². The zero-order valence-electron chi connectivity index (χ0n) is 12.4. The SMILES string of the molecule is CCNCc1ccc(CN(C)CCc2cccs2)cc1. The van der Waals surface area contributed by atoms with Gasteiger partial charge in [-0.2, -0.15) is 0 Å². The van der Waals surface area contributed by atoms with Crippen molar-refractivity contribution in [1.29, 1.82) is 0 Å². The van der Waals surface area contributed by atoms with Crippen molar-refractivity contribution < 1.29 is 0 Å². The second-order valence-corrected chi connectivity index (χ2v) is 6.20. The summed E-state index contributed by atoms with van der Waals surface area (Å²) in [6.45, 7) is 6.25. The molecule has 0 aliphatic carbocycles. The van der Waals surface area contributed by atoms with Crippen LogP contribution >= 0.6 is 11.3 Å². The molecule has 0 unspecified atom stereocenters. The molecule has 3 heteroatoms. The van der Waals surface area contributed by atoms with Gasteiger partial charge in [0.2, 0.25) is 0 Å². The number of likely N-dealkylation sites (N-methyl/N-ethyl adjacent to an activating group) is 1. The molecule has 0 aliphatic rings. The van der Waals surface area contributed by atoms with E-state index in [9.17, 15) is 0 Å². The van der Waals surface area contributed by atoms with E-state index >= 15 is 0 Å². The summed E-state index contributed by atoms with van der Waals surface area (Å²) in [4.78, 5) is 3.86. The van der Waals surface area contributed by atoms with Gasteiger partial charge in [0.15, 0.2) is 0 Å². The minimum Gasteiger partial charge on any atom is -0.313 e. The predicted molar refractivity (Wildman–Crippen MR) is 88.2 cm³/mol. The van der Waals surface area contributed by atoms with Crippen LogP contribution in [-0.4, -0.2) is 25.0 Å². The third kappa shape index (κ3) is 5.08. The minimum atomic E-state index is 0.963. The summed E-state index contributed by atoms with van der Waals surface area (Å²) in [5, 5.41) is 5.50. The van der Waals surface area contributed by atoms with Gasteiger partial charge in [0.1, 0.15) is 0 Å². The van der Waals surface area contributed by atoms with Crippen LogP contribution in [0, 0.1) is 0 Å². The van der Waals surface area contributed by atoms with Crippen LogP contribution in [0.15, 0.2) is 41.8 Å². The second kappa shape index (κ2) is 8.20. The van der Waals surface area contributed by atoms with Gasteiger partial charge in [0.05, 0.1) is 0 Å². The number of nitrogens with zero attached hydrogens (tertiary/aromatic N) is 1. The number of hydrogen-bond donors (Lipinski definition) is 1. The van der Waals surface area contributed by atoms with E-state index in [-0.39, 0.29) is 0 Å². The molecule has 0 spiro atoms. The number of rotatable bonds is 8. The van der Waals surface area contributed by atoms with Crippen LogP contribution in [0.4, 0.5) is 0 Å². The largest absolute Gasteiger partial charge is 0.313 e. The molecule has 2 aromatic rings. The Morgan fingerprint density at radius 3 is 2.50 bits per heavy atom. The van der Waals surface area contributed by atoms with Gasteiger partial charge in [-0.05, 0) is 42.6 Å². The Morgan fingerprint density at radius 2 is 1.85 bits per heavy atom. The first kappa shape index (κ1) is 15.2. The Labute approximate surface area is 126 Å². The molecule has 0 saturated carbocycles. The first-order valence-electron chi connectivity index (χ1n) is 7.27. The van der Waals surface area contributed by atoms with Gasteiger partial charge in [-0.15, -0.1) is 11.3 Å². The van der Waals surface area contributed by atoms with Crippen molar-refractivity contribution in [3.8, 4) is 0 Å². The van der Waals surface area contributed by atoms with Gasteiger partial charge in [-0.25, -0.2) is 0 Å². The van der Waals surface area contributed by atoms with Crippen LogP contribution in [0.5, 0.6) is 0 Å². The monoisotopic (exact) mass is 288 g/mol. The number of hydrogen-bond acceptors (Lipinski definition) is 3. The van der Waals surface area contributed by atoms with Gasteiger partial charge in [-0.1, -0.05) is 37.3 Å². The third-order valence-corrected chi connectivity index (χ3v) is 4.31. The fourth-order valence-electron chi connectivity index (χ4n) is 2.18. The molecule has 0 aliphatic heterocycles. The maximum Gasteiger partial charge on any atom is 0.0230 e. The summed E-state index contributed by atoms with van der Waals surface area (Å²) in [5.74, 6) is 0. The average molecular weight is 288 g/mol. The first-order valence-corrected chi connectivity index (χ1v) is 8.15. The first-order chi connectivity index (χ1) is 9.78. The summed E-state index contributed by atoms with van der Waals surface area (Å²) in [6.07, 6.45) is 1.15. The molecule has 1 aromatic heterocycles. The molecule has 20 heavy (non-hydrogen) atoms. The summed E-state index contributed by atoms with van der Waals surface area (Å²) in [7, 11) is 2.19. The van der Waals surface area contributed by atoms with E-state index in [1.54, 1.807) is 0 Å². The highest BCUT2D eigenvalue weighted by Gasteiger charge is 2.02. The molecule has 1 N–H and O–H groups in total. The number of benzene rings is 1. The molecule has 0 radical (unpaired) electrons. The van der Waals surface area contributed by atoms with E-state index in [4.69, 9.17) is 0 Å². The topological polar surface area (TPSA) is 15.3 Å². The van der Waals surface area contributed by atoms with Crippen LogP contribution in [0.25, 0.3) is 0 Å². The van der Waals surface area contributed by atoms with Crippen LogP contribution in [0.3, 0.4) is 0 Å². The molecule has 0 amide bonds. The highest BCUT2D eigenvalue weighted by Crippen LogP contribution is 2.11. The van der Waals surface area contributed by atoms with Crippen LogP contribution < -0.4 is 5.32 Å². The molecule has 0 bridgehead atoms. The van der Waals surface area contributed by atoms with E-state index in [1.165, 1.54) is 16.0 Å². The molecule has 0 saturated heterocycles. The Hall–Kier alpha value is -1.16. The number of nitrogens with one attached hydrogen (secondary N) is 1. The summed E-state index contributed by atoms with van der Waals surface area (Å²) in [5.41, 5.74) is 2.75. The molecule has 1 aromatic carbocycles. The van der Waals surface area contributed by atoms with Crippen molar-refractivity contribution in [2.24, 2.45) is 0 Å². The Kier molecular flexibility index (Phi) is 6.25. The smallest absolute Gasteiger partial charge is 0.0230 e. The van der Waals surface area contributed by atoms with Gasteiger partial charge >= 0.3 is 0 Å². The Balaban J connectivity index is 1.77. The fraction of sp³-hybridized carbons (Fsp3) is 0.412. The molecule has 0 atom stereocenters. The van der Waals surface area contributed by atoms with Gasteiger partial charge in [-0.3, -0.25) is 0 Å². The maximum absolute atomic E-state index is 3.35. The lowest BCUT2D eigenvalue weighted by molar-refractivity contribution is 0.332. The lowest BCUT2D eigenvalue weighted by Gasteiger charge is -2.16. The van der Waals surface area contributed by atoms with Crippen molar-refractivity contribution in [3.05, 3.63) is 57.8 Å². The van der Waals surface area contributed by atoms with Crippen LogP contribution in [0.1, 0.15) is 22.9 Å². The summed E-state index contributed by atoms with van der Waals surface area (Å²) in [6, 6.07) is 13.3. The molecule has 108 valence electrons. The predicted octanol–water partition coefficient (Wildman–Crippen LogP) is 3.53. The van der Waals surface area contributed by atoms with E-state index in [2.05, 4.69) is 66.0 Å². The van der Waals surface area contributed by atoms with E-state index in [0.717, 1.165) is 32.6 Å². The molecule has 2 rings (SSSR count). The fourth-order valence-corrected chi connectivity index (χ4v) is 2.88. The highest BCUT2D eigenvalue weighted by molar-refractivity contribution is 7.09. The van der Waals surface area contributed by atoms with Crippen molar-refractivity contribution in [3.63, 3.8) is 0 Å². The molecule has 2 nitrogen and oxygen atoms in total. The van der Waals surface area contributed by atoms with Crippen molar-refractivity contribution in [2.75, 3.05) is 20.1 Å². The van der Waals surface area contributed by atoms with E-state index in [0.29, 0.717) is 0 Å². The number of thiophene rings is 1. The summed E-state index contributed by atoms with van der Waals surface area (Å²) < 4.78 is 0. The standard InChI is InChI=1S/C17H24N2S/c1-3-18-13-15-6-8-16(9-7-15)14-19(2)11-10-17-5-4-12-20-17/h4-9,12,18H,3,10-11,13-14H2,1-2H3. The average Bonchev–Trinajstić information content (AvgIpc) is 2.98. The van der Waals surface area contributed by atoms with Crippen molar-refractivity contribution >= 4 is 11.3 Å². The van der Waals surface area contributed by atoms with Crippen LogP contribution in [0.2, 0.25) is 0 Å². The lowest BCUT2D eigenvalue weighted by atomic mass is 10.1. The highest BCUT2D eigenvalue weighted by atomic mass is 32.1. The Morgan fingerprint density at radius 1 is 1.10 bits per heavy atom. The van der Waals surface area contributed by atoms with Crippen molar-refractivity contribution in [2.45, 2.75) is 26.4 Å². The van der Waals surface area contributed by atoms with Gasteiger partial charge in [0.25, 0.3) is 0 Å². The van der Waals surface area contributed by atoms with Crippen molar-refractivity contribution in [1.82, 2.24) is 10.2 Å². The maximum atomic E-state index is 3.35. The summed E-state index contributed by atoms with van der Waals surface area (Å²) >= 11 is 1.85. The normalized spacial score (nSPS) is 11.2. The van der Waals surface area contributed by atoms with E-state index in [1.807, 2.05) is 11.3 Å². The van der Waals surface area contributed by atoms with Gasteiger partial charge in [0, 0.05) is 24.5 Å². The zero-order chi connectivity index (χ0) is 14.2. The lowest BCUT2D eigenvalue weighted by Crippen LogP contribution is -2.20. The second-order valence-electron chi connectivity index (χ2n) is 5.16. The molecule has 0 fully saturated rings. The van der Waals surface area contributed by atoms with Crippen LogP contribution in [-0.2, 0) is 19.5 Å². The third-order valence-electron chi connectivity index (χ3n) is 3.37.